The first-order chi connectivity index (χ1) is 7.69. The zero-order chi connectivity index (χ0) is 11.5. The Bertz CT molecular complexity index is 363. The van der Waals surface area contributed by atoms with Crippen LogP contribution in [0.2, 0.25) is 5.02 Å². The van der Waals surface area contributed by atoms with Gasteiger partial charge in [0.1, 0.15) is 5.82 Å². The van der Waals surface area contributed by atoms with Crippen molar-refractivity contribution in [3.63, 3.8) is 0 Å². The number of hydrogen-bond donors (Lipinski definition) is 1. The van der Waals surface area contributed by atoms with E-state index >= 15 is 0 Å². The van der Waals surface area contributed by atoms with Gasteiger partial charge in [0.2, 0.25) is 0 Å². The average Bonchev–Trinajstić information content (AvgIpc) is 3.04. The van der Waals surface area contributed by atoms with E-state index in [1.807, 2.05) is 7.05 Å². The van der Waals surface area contributed by atoms with Crippen LogP contribution in [0.15, 0.2) is 18.2 Å². The van der Waals surface area contributed by atoms with Crippen molar-refractivity contribution in [3.8, 4) is 0 Å². The number of hydrogen-bond acceptors (Lipinski definition) is 1. The molecule has 0 spiro atoms. The molecule has 0 aromatic heterocycles. The Hall–Kier alpha value is -0.600. The van der Waals surface area contributed by atoms with Crippen LogP contribution in [0.1, 0.15) is 24.8 Å². The van der Waals surface area contributed by atoms with Gasteiger partial charge in [0.25, 0.3) is 0 Å². The highest BCUT2D eigenvalue weighted by atomic mass is 35.5. The minimum Gasteiger partial charge on any atom is -0.317 e. The topological polar surface area (TPSA) is 12.0 Å². The maximum absolute atomic E-state index is 13.6. The molecule has 0 aliphatic heterocycles. The van der Waals surface area contributed by atoms with Gasteiger partial charge in [0.15, 0.2) is 0 Å². The number of nitrogens with one attached hydrogen (secondary N) is 1. The molecule has 1 aromatic carbocycles. The van der Waals surface area contributed by atoms with Crippen LogP contribution in [0.3, 0.4) is 0 Å². The molecule has 0 bridgehead atoms. The van der Waals surface area contributed by atoms with Crippen LogP contribution in [-0.4, -0.2) is 13.1 Å². The third kappa shape index (κ3) is 3.19. The third-order valence-electron chi connectivity index (χ3n) is 3.20. The lowest BCUT2D eigenvalue weighted by atomic mass is 10.0. The highest BCUT2D eigenvalue weighted by Crippen LogP contribution is 2.34. The van der Waals surface area contributed by atoms with E-state index in [2.05, 4.69) is 5.32 Å². The van der Waals surface area contributed by atoms with Gasteiger partial charge in [-0.15, -0.1) is 0 Å². The van der Waals surface area contributed by atoms with Crippen LogP contribution >= 0.6 is 11.6 Å². The van der Waals surface area contributed by atoms with Crippen LogP contribution < -0.4 is 5.32 Å². The largest absolute Gasteiger partial charge is 0.317 e. The number of halogens is 2. The molecule has 1 N–H and O–H groups in total. The van der Waals surface area contributed by atoms with Crippen molar-refractivity contribution in [2.45, 2.75) is 31.7 Å². The van der Waals surface area contributed by atoms with Crippen molar-refractivity contribution in [2.24, 2.45) is 5.92 Å². The van der Waals surface area contributed by atoms with E-state index in [9.17, 15) is 4.39 Å². The van der Waals surface area contributed by atoms with E-state index in [0.717, 1.165) is 24.3 Å². The molecular formula is C13H17ClFN. The SMILES string of the molecule is CNC(Cc1ccc(Cl)cc1F)CC1CC1. The van der Waals surface area contributed by atoms with Gasteiger partial charge in [-0.05, 0) is 43.5 Å². The highest BCUT2D eigenvalue weighted by molar-refractivity contribution is 6.30. The average molecular weight is 242 g/mol. The van der Waals surface area contributed by atoms with Gasteiger partial charge in [-0.3, -0.25) is 0 Å². The molecule has 1 unspecified atom stereocenters. The van der Waals surface area contributed by atoms with Gasteiger partial charge >= 0.3 is 0 Å². The maximum Gasteiger partial charge on any atom is 0.127 e. The molecule has 88 valence electrons. The van der Waals surface area contributed by atoms with E-state index < -0.39 is 0 Å². The number of likely N-dealkylation sites (N-methyl/N-ethyl adjacent to an activating group) is 1. The number of rotatable bonds is 5. The molecule has 0 saturated heterocycles. The summed E-state index contributed by atoms with van der Waals surface area (Å²) in [4.78, 5) is 0. The Labute approximate surface area is 101 Å². The fourth-order valence-corrected chi connectivity index (χ4v) is 2.17. The Morgan fingerprint density at radius 2 is 2.25 bits per heavy atom. The van der Waals surface area contributed by atoms with E-state index in [1.54, 1.807) is 12.1 Å². The highest BCUT2D eigenvalue weighted by Gasteiger charge is 2.25. The standard InChI is InChI=1S/C13H17ClFN/c1-16-12(6-9-2-3-9)7-10-4-5-11(14)8-13(10)15/h4-5,8-9,12,16H,2-3,6-7H2,1H3. The van der Waals surface area contributed by atoms with Crippen molar-refractivity contribution in [3.05, 3.63) is 34.6 Å². The summed E-state index contributed by atoms with van der Waals surface area (Å²) in [5.74, 6) is 0.663. The van der Waals surface area contributed by atoms with E-state index in [4.69, 9.17) is 11.6 Å². The quantitative estimate of drug-likeness (QED) is 0.833. The molecule has 0 radical (unpaired) electrons. The molecule has 1 nitrogen and oxygen atoms in total. The second-order valence-electron chi connectivity index (χ2n) is 4.60. The van der Waals surface area contributed by atoms with Crippen molar-refractivity contribution in [1.29, 1.82) is 0 Å². The maximum atomic E-state index is 13.6. The summed E-state index contributed by atoms with van der Waals surface area (Å²) in [5, 5.41) is 3.73. The van der Waals surface area contributed by atoms with Crippen LogP contribution in [0.5, 0.6) is 0 Å². The summed E-state index contributed by atoms with van der Waals surface area (Å²) in [5.41, 5.74) is 0.754. The molecule has 1 aliphatic carbocycles. The summed E-state index contributed by atoms with van der Waals surface area (Å²) < 4.78 is 13.6. The Kier molecular flexibility index (Phi) is 3.82. The molecule has 1 aliphatic rings. The van der Waals surface area contributed by atoms with Gasteiger partial charge in [-0.2, -0.15) is 0 Å². The lowest BCUT2D eigenvalue weighted by molar-refractivity contribution is 0.479. The smallest absolute Gasteiger partial charge is 0.127 e. The summed E-state index contributed by atoms with van der Waals surface area (Å²) >= 11 is 5.73. The third-order valence-corrected chi connectivity index (χ3v) is 3.44. The first kappa shape index (κ1) is 11.9. The Morgan fingerprint density at radius 1 is 1.50 bits per heavy atom. The lowest BCUT2D eigenvalue weighted by Gasteiger charge is -2.16. The second-order valence-corrected chi connectivity index (χ2v) is 5.04. The van der Waals surface area contributed by atoms with E-state index in [1.165, 1.54) is 18.9 Å². The van der Waals surface area contributed by atoms with Gasteiger partial charge in [-0.1, -0.05) is 30.5 Å². The fourth-order valence-electron chi connectivity index (χ4n) is 2.01. The molecular weight excluding hydrogens is 225 g/mol. The van der Waals surface area contributed by atoms with Gasteiger partial charge in [0, 0.05) is 11.1 Å². The molecule has 0 heterocycles. The van der Waals surface area contributed by atoms with E-state index in [0.29, 0.717) is 11.1 Å². The minimum atomic E-state index is -0.191. The first-order valence-electron chi connectivity index (χ1n) is 5.80. The predicted octanol–water partition coefficient (Wildman–Crippen LogP) is 3.41. The minimum absolute atomic E-state index is 0.191. The molecule has 2 rings (SSSR count). The zero-order valence-corrected chi connectivity index (χ0v) is 10.2. The molecule has 1 fully saturated rings. The van der Waals surface area contributed by atoms with Gasteiger partial charge in [0.05, 0.1) is 0 Å². The Morgan fingerprint density at radius 3 is 2.81 bits per heavy atom. The molecule has 1 aromatic rings. The van der Waals surface area contributed by atoms with Gasteiger partial charge in [-0.25, -0.2) is 4.39 Å². The summed E-state index contributed by atoms with van der Waals surface area (Å²) in [6.07, 6.45) is 4.57. The summed E-state index contributed by atoms with van der Waals surface area (Å²) in [6.45, 7) is 0. The number of benzene rings is 1. The summed E-state index contributed by atoms with van der Waals surface area (Å²) in [7, 11) is 1.95. The van der Waals surface area contributed by atoms with Crippen LogP contribution in [0.25, 0.3) is 0 Å². The van der Waals surface area contributed by atoms with Crippen LogP contribution in [0.4, 0.5) is 4.39 Å². The molecule has 3 heteroatoms. The Balaban J connectivity index is 1.99. The normalized spacial score (nSPS) is 17.4. The fraction of sp³-hybridized carbons (Fsp3) is 0.538. The first-order valence-corrected chi connectivity index (χ1v) is 6.18. The van der Waals surface area contributed by atoms with Crippen molar-refractivity contribution < 1.29 is 4.39 Å². The molecule has 0 amide bonds. The zero-order valence-electron chi connectivity index (χ0n) is 9.47. The second kappa shape index (κ2) is 5.15. The predicted molar refractivity (Wildman–Crippen MR) is 65.3 cm³/mol. The lowest BCUT2D eigenvalue weighted by Crippen LogP contribution is -2.28. The van der Waals surface area contributed by atoms with Crippen molar-refractivity contribution >= 4 is 11.6 Å². The van der Waals surface area contributed by atoms with Crippen molar-refractivity contribution in [1.82, 2.24) is 5.32 Å². The van der Waals surface area contributed by atoms with Gasteiger partial charge < -0.3 is 5.32 Å². The van der Waals surface area contributed by atoms with Crippen LogP contribution in [-0.2, 0) is 6.42 Å². The van der Waals surface area contributed by atoms with Crippen molar-refractivity contribution in [2.75, 3.05) is 7.05 Å². The van der Waals surface area contributed by atoms with E-state index in [-0.39, 0.29) is 5.82 Å². The molecule has 1 saturated carbocycles. The molecule has 16 heavy (non-hydrogen) atoms. The summed E-state index contributed by atoms with van der Waals surface area (Å²) in [6, 6.07) is 5.31. The molecule has 1 atom stereocenters. The van der Waals surface area contributed by atoms with Crippen LogP contribution in [0, 0.1) is 11.7 Å². The monoisotopic (exact) mass is 241 g/mol.